The second kappa shape index (κ2) is 17.2. The molecule has 6 rings (SSSR count). The van der Waals surface area contributed by atoms with Crippen LogP contribution in [0.5, 0.6) is 0 Å². The van der Waals surface area contributed by atoms with Crippen LogP contribution in [-0.2, 0) is 42.5 Å². The van der Waals surface area contributed by atoms with Gasteiger partial charge >= 0.3 is 41.3 Å². The molecule has 5 aromatic carbocycles. The van der Waals surface area contributed by atoms with E-state index in [1.807, 2.05) is 0 Å². The number of aryl methyl sites for hydroxylation is 1. The van der Waals surface area contributed by atoms with Crippen molar-refractivity contribution in [1.29, 1.82) is 0 Å². The zero-order valence-corrected chi connectivity index (χ0v) is 30.2. The van der Waals surface area contributed by atoms with Crippen LogP contribution in [0.25, 0.3) is 33.4 Å². The normalized spacial score (nSPS) is 10.9. The summed E-state index contributed by atoms with van der Waals surface area (Å²) in [5.41, 5.74) is 13.6. The number of fused-ring (bicyclic) bond motifs is 3. The van der Waals surface area contributed by atoms with Gasteiger partial charge in [0.25, 0.3) is 0 Å². The van der Waals surface area contributed by atoms with Crippen molar-refractivity contribution in [3.8, 4) is 33.4 Å². The van der Waals surface area contributed by atoms with Crippen molar-refractivity contribution in [3.63, 3.8) is 0 Å². The first-order chi connectivity index (χ1) is 19.7. The summed E-state index contributed by atoms with van der Waals surface area (Å²) in [5, 5.41) is 0. The molecule has 3 heteroatoms. The van der Waals surface area contributed by atoms with Crippen LogP contribution in [0.4, 0.5) is 0 Å². The second-order valence-electron chi connectivity index (χ2n) is 12.1. The third-order valence-corrected chi connectivity index (χ3v) is 7.20. The van der Waals surface area contributed by atoms with E-state index in [1.54, 1.807) is 24.2 Å². The van der Waals surface area contributed by atoms with Crippen molar-refractivity contribution in [2.24, 2.45) is 0 Å². The molecule has 0 bridgehead atoms. The topological polar surface area (TPSA) is 0 Å². The fourth-order valence-electron chi connectivity index (χ4n) is 5.12. The van der Waals surface area contributed by atoms with Gasteiger partial charge in [0.1, 0.15) is 0 Å². The minimum absolute atomic E-state index is 0. The summed E-state index contributed by atoms with van der Waals surface area (Å²) in [6.45, 7) is 13.3. The van der Waals surface area contributed by atoms with E-state index in [9.17, 15) is 0 Å². The van der Waals surface area contributed by atoms with Crippen molar-refractivity contribution < 1.29 is 49.0 Å². The van der Waals surface area contributed by atoms with E-state index in [-0.39, 0.29) is 24.8 Å². The summed E-state index contributed by atoms with van der Waals surface area (Å²) in [4.78, 5) is 0. The molecule has 0 saturated heterocycles. The molecule has 0 fully saturated rings. The summed E-state index contributed by atoms with van der Waals surface area (Å²) >= 11 is 1.55. The number of halogens is 2. The van der Waals surface area contributed by atoms with Gasteiger partial charge in [-0.1, -0.05) is 142 Å². The van der Waals surface area contributed by atoms with E-state index in [4.69, 9.17) is 0 Å². The van der Waals surface area contributed by atoms with Crippen LogP contribution in [-0.4, -0.2) is 3.21 Å². The number of rotatable bonds is 4. The Bertz CT molecular complexity index is 1480. The van der Waals surface area contributed by atoms with Gasteiger partial charge in [-0.3, -0.25) is 0 Å². The second-order valence-corrected chi connectivity index (χ2v) is 14.5. The third-order valence-electron chi connectivity index (χ3n) is 7.20. The van der Waals surface area contributed by atoms with Gasteiger partial charge in [0.15, 0.2) is 0 Å². The summed E-state index contributed by atoms with van der Waals surface area (Å²) in [6, 6.07) is 42.9. The van der Waals surface area contributed by atoms with Crippen LogP contribution in [0.15, 0.2) is 109 Å². The maximum absolute atomic E-state index is 3.65. The van der Waals surface area contributed by atoms with Crippen LogP contribution >= 0.6 is 0 Å². The summed E-state index contributed by atoms with van der Waals surface area (Å²) in [7, 11) is 0. The van der Waals surface area contributed by atoms with E-state index in [1.165, 1.54) is 71.7 Å². The first-order valence-corrected chi connectivity index (χ1v) is 16.0. The Morgan fingerprint density at radius 2 is 1.35 bits per heavy atom. The Hall–Kier alpha value is -2.44. The Kier molecular flexibility index (Phi) is 14.7. The van der Waals surface area contributed by atoms with Crippen LogP contribution in [0.3, 0.4) is 0 Å². The fraction of sp³-hybridized carbons (Fsp3) is 0.250. The average molecular weight is 685 g/mol. The molecule has 0 aromatic heterocycles. The molecule has 0 unspecified atom stereocenters. The van der Waals surface area contributed by atoms with Crippen molar-refractivity contribution in [1.82, 2.24) is 0 Å². The van der Waals surface area contributed by atoms with Gasteiger partial charge in [0.05, 0.1) is 0 Å². The van der Waals surface area contributed by atoms with E-state index in [2.05, 4.69) is 157 Å². The third kappa shape index (κ3) is 10.3. The quantitative estimate of drug-likeness (QED) is 0.234. The summed E-state index contributed by atoms with van der Waals surface area (Å²) in [6.07, 6.45) is 3.43. The predicted molar refractivity (Wildman–Crippen MR) is 175 cm³/mol. The molecule has 0 radical (unpaired) electrons. The molecule has 0 aliphatic heterocycles. The van der Waals surface area contributed by atoms with Crippen molar-refractivity contribution in [3.05, 3.63) is 138 Å². The molecular formula is C40H42Cl2Zr-2. The molecule has 0 heterocycles. The van der Waals surface area contributed by atoms with Crippen LogP contribution in [0, 0.1) is 6.07 Å². The largest absolute Gasteiger partial charge is 1.00 e. The Labute approximate surface area is 287 Å². The van der Waals surface area contributed by atoms with E-state index in [0.717, 1.165) is 6.42 Å². The Morgan fingerprint density at radius 1 is 0.767 bits per heavy atom. The minimum Gasteiger partial charge on any atom is -1.00 e. The molecule has 0 N–H and O–H groups in total. The van der Waals surface area contributed by atoms with E-state index >= 15 is 0 Å². The van der Waals surface area contributed by atoms with Gasteiger partial charge in [-0.05, 0) is 23.1 Å². The van der Waals surface area contributed by atoms with Gasteiger partial charge in [0.2, 0.25) is 0 Å². The molecule has 43 heavy (non-hydrogen) atoms. The molecule has 0 atom stereocenters. The van der Waals surface area contributed by atoms with Gasteiger partial charge in [0, 0.05) is 0 Å². The van der Waals surface area contributed by atoms with Gasteiger partial charge < -0.3 is 24.8 Å². The standard InChI is InChI=1S/C25H17.C12H19.C3H6.2ClH.Zr/c1-3-7-18(8-4-1)20-11-13-24-22(15-20)17-23-16-21(12-14-25(23)24)19-9-5-2-6-10-19;1-5-6-10-7-8-11(9-10)12(2,3)4;1-3-2;;;/h1-15H,17H2;7-9H,5-6H2,1-4H3;1-2H3;2*1H;/q2*-1;;;;+2/p-2. The SMILES string of the molecule is CCCc1cc(C(C)(C)C)c[cH-]1.C[C](C)=[Zr+2].[Cl-].[Cl-].[c-]1c(-c2ccccc2)ccc2c1Cc1cc(-c3ccccc3)ccc1-2. The number of hydrogen-bond donors (Lipinski definition) is 0. The van der Waals surface area contributed by atoms with E-state index < -0.39 is 0 Å². The summed E-state index contributed by atoms with van der Waals surface area (Å²) < 4.78 is 1.51. The monoisotopic (exact) mass is 682 g/mol. The first kappa shape index (κ1) is 36.8. The van der Waals surface area contributed by atoms with Gasteiger partial charge in [-0.2, -0.15) is 23.3 Å². The predicted octanol–water partition coefficient (Wildman–Crippen LogP) is 4.80. The maximum atomic E-state index is 3.65. The average Bonchev–Trinajstić information content (AvgIpc) is 3.58. The Morgan fingerprint density at radius 3 is 1.91 bits per heavy atom. The van der Waals surface area contributed by atoms with E-state index in [0.29, 0.717) is 5.41 Å². The minimum atomic E-state index is 0. The molecule has 0 spiro atoms. The molecule has 0 saturated carbocycles. The van der Waals surface area contributed by atoms with Crippen molar-refractivity contribution >= 4 is 3.21 Å². The van der Waals surface area contributed by atoms with Gasteiger partial charge in [-0.25, -0.2) is 6.07 Å². The molecular weight excluding hydrogens is 643 g/mol. The molecule has 1 aliphatic carbocycles. The molecule has 0 amide bonds. The fourth-order valence-corrected chi connectivity index (χ4v) is 5.12. The zero-order valence-electron chi connectivity index (χ0n) is 26.3. The van der Waals surface area contributed by atoms with Crippen molar-refractivity contribution in [2.75, 3.05) is 0 Å². The smallest absolute Gasteiger partial charge is 0.0181 e. The van der Waals surface area contributed by atoms with Crippen LogP contribution < -0.4 is 24.8 Å². The van der Waals surface area contributed by atoms with Crippen molar-refractivity contribution in [2.45, 2.75) is 66.2 Å². The summed E-state index contributed by atoms with van der Waals surface area (Å²) in [5.74, 6) is 0. The molecule has 5 aromatic rings. The maximum Gasteiger partial charge on any atom is -0.0181 e. The zero-order chi connectivity index (χ0) is 29.4. The van der Waals surface area contributed by atoms with Gasteiger partial charge in [-0.15, -0.1) is 29.3 Å². The molecule has 1 aliphatic rings. The number of benzene rings is 4. The van der Waals surface area contributed by atoms with Crippen LogP contribution in [0.1, 0.15) is 70.2 Å². The first-order valence-electron chi connectivity index (χ1n) is 14.7. The Balaban J connectivity index is 0.000000304. The molecule has 0 nitrogen and oxygen atoms in total. The van der Waals surface area contributed by atoms with Crippen LogP contribution in [0.2, 0.25) is 0 Å². The number of hydrogen-bond acceptors (Lipinski definition) is 0. The molecule has 222 valence electrons.